The molecule has 0 fully saturated rings. The average molecular weight is 180 g/mol. The van der Waals surface area contributed by atoms with E-state index >= 15 is 0 Å². The highest BCUT2D eigenvalue weighted by Crippen LogP contribution is 2.21. The summed E-state index contributed by atoms with van der Waals surface area (Å²) in [7, 11) is 0. The Labute approximate surface area is 77.0 Å². The van der Waals surface area contributed by atoms with E-state index in [0.717, 1.165) is 0 Å². The molecule has 13 heavy (non-hydrogen) atoms. The van der Waals surface area contributed by atoms with Crippen LogP contribution in [-0.2, 0) is 11.3 Å². The molecule has 1 aromatic rings. The summed E-state index contributed by atoms with van der Waals surface area (Å²) in [6, 6.07) is 5.02. The van der Waals surface area contributed by atoms with Gasteiger partial charge < -0.3 is 9.84 Å². The number of carbonyl (C=O) groups is 1. The van der Waals surface area contributed by atoms with Gasteiger partial charge in [0, 0.05) is 12.2 Å². The van der Waals surface area contributed by atoms with Crippen LogP contribution in [0.2, 0.25) is 0 Å². The number of benzene rings is 1. The van der Waals surface area contributed by atoms with Crippen molar-refractivity contribution < 1.29 is 14.6 Å². The van der Waals surface area contributed by atoms with Gasteiger partial charge in [-0.15, -0.1) is 0 Å². The second-order valence-electron chi connectivity index (χ2n) is 2.61. The fourth-order valence-corrected chi connectivity index (χ4v) is 1.03. The molecule has 1 rings (SSSR count). The van der Waals surface area contributed by atoms with Crippen molar-refractivity contribution in [3.05, 3.63) is 29.3 Å². The van der Waals surface area contributed by atoms with E-state index in [9.17, 15) is 9.90 Å². The van der Waals surface area contributed by atoms with Gasteiger partial charge in [-0.05, 0) is 13.0 Å². The van der Waals surface area contributed by atoms with E-state index in [2.05, 4.69) is 0 Å². The first kappa shape index (κ1) is 9.74. The van der Waals surface area contributed by atoms with E-state index in [1.54, 1.807) is 18.2 Å². The summed E-state index contributed by atoms with van der Waals surface area (Å²) in [5.41, 5.74) is 0.948. The first-order chi connectivity index (χ1) is 6.29. The molecule has 0 amide bonds. The minimum Gasteiger partial charge on any atom is -0.507 e. The van der Waals surface area contributed by atoms with Crippen LogP contribution in [0, 0.1) is 0 Å². The number of phenols is 1. The van der Waals surface area contributed by atoms with Crippen LogP contribution in [0.1, 0.15) is 22.8 Å². The van der Waals surface area contributed by atoms with E-state index in [-0.39, 0.29) is 5.75 Å². The maximum atomic E-state index is 10.5. The molecule has 0 radical (unpaired) electrons. The molecule has 1 N–H and O–H groups in total. The van der Waals surface area contributed by atoms with Gasteiger partial charge in [-0.1, -0.05) is 12.1 Å². The second kappa shape index (κ2) is 4.62. The third kappa shape index (κ3) is 2.29. The molecule has 0 atom stereocenters. The average Bonchev–Trinajstić information content (AvgIpc) is 2.16. The number of aromatic hydroxyl groups is 1. The van der Waals surface area contributed by atoms with Crippen LogP contribution < -0.4 is 0 Å². The summed E-state index contributed by atoms with van der Waals surface area (Å²) in [6.45, 7) is 2.80. The Kier molecular flexibility index (Phi) is 3.46. The molecule has 1 aromatic carbocycles. The molecule has 0 saturated heterocycles. The van der Waals surface area contributed by atoms with Crippen molar-refractivity contribution in [2.75, 3.05) is 6.61 Å². The smallest absolute Gasteiger partial charge is 0.153 e. The number of carbonyl (C=O) groups excluding carboxylic acids is 1. The van der Waals surface area contributed by atoms with Crippen molar-refractivity contribution in [3.8, 4) is 5.75 Å². The lowest BCUT2D eigenvalue weighted by Gasteiger charge is -2.05. The topological polar surface area (TPSA) is 46.5 Å². The summed E-state index contributed by atoms with van der Waals surface area (Å²) in [5.74, 6) is 0.0194. The van der Waals surface area contributed by atoms with Crippen LogP contribution in [-0.4, -0.2) is 18.0 Å². The highest BCUT2D eigenvalue weighted by Gasteiger charge is 2.04. The molecule has 70 valence electrons. The van der Waals surface area contributed by atoms with E-state index in [0.29, 0.717) is 30.6 Å². The molecule has 3 heteroatoms. The van der Waals surface area contributed by atoms with Crippen LogP contribution in [0.4, 0.5) is 0 Å². The van der Waals surface area contributed by atoms with Gasteiger partial charge in [0.05, 0.1) is 12.2 Å². The largest absolute Gasteiger partial charge is 0.507 e. The summed E-state index contributed by atoms with van der Waals surface area (Å²) < 4.78 is 5.12. The summed E-state index contributed by atoms with van der Waals surface area (Å²) in [4.78, 5) is 10.5. The molecule has 0 bridgehead atoms. The SMILES string of the molecule is CCOCc1cccc(C=O)c1O. The Balaban J connectivity index is 2.87. The summed E-state index contributed by atoms with van der Waals surface area (Å²) >= 11 is 0. The van der Waals surface area contributed by atoms with Crippen molar-refractivity contribution in [1.29, 1.82) is 0 Å². The number of aldehydes is 1. The van der Waals surface area contributed by atoms with Gasteiger partial charge in [-0.2, -0.15) is 0 Å². The number of rotatable bonds is 4. The Hall–Kier alpha value is -1.35. The van der Waals surface area contributed by atoms with Crippen molar-refractivity contribution in [2.24, 2.45) is 0 Å². The van der Waals surface area contributed by atoms with Crippen LogP contribution in [0.3, 0.4) is 0 Å². The number of hydrogen-bond acceptors (Lipinski definition) is 3. The van der Waals surface area contributed by atoms with Crippen LogP contribution in [0.5, 0.6) is 5.75 Å². The lowest BCUT2D eigenvalue weighted by Crippen LogP contribution is -1.94. The van der Waals surface area contributed by atoms with E-state index in [1.165, 1.54) is 0 Å². The summed E-state index contributed by atoms with van der Waals surface area (Å²) in [5, 5.41) is 9.50. The van der Waals surface area contributed by atoms with Crippen LogP contribution in [0.25, 0.3) is 0 Å². The van der Waals surface area contributed by atoms with Crippen LogP contribution in [0.15, 0.2) is 18.2 Å². The van der Waals surface area contributed by atoms with Crippen molar-refractivity contribution in [1.82, 2.24) is 0 Å². The highest BCUT2D eigenvalue weighted by atomic mass is 16.5. The number of para-hydroxylation sites is 1. The maximum absolute atomic E-state index is 10.5. The molecule has 0 spiro atoms. The minimum atomic E-state index is 0.0194. The zero-order valence-corrected chi connectivity index (χ0v) is 7.49. The first-order valence-corrected chi connectivity index (χ1v) is 4.13. The second-order valence-corrected chi connectivity index (χ2v) is 2.61. The Bertz CT molecular complexity index is 294. The Morgan fingerprint density at radius 3 is 2.92 bits per heavy atom. The van der Waals surface area contributed by atoms with E-state index < -0.39 is 0 Å². The third-order valence-corrected chi connectivity index (χ3v) is 1.74. The lowest BCUT2D eigenvalue weighted by molar-refractivity contribution is 0.111. The molecule has 3 nitrogen and oxygen atoms in total. The molecular formula is C10H12O3. The van der Waals surface area contributed by atoms with Crippen LogP contribution >= 0.6 is 0 Å². The normalized spacial score (nSPS) is 9.92. The molecule has 0 saturated carbocycles. The molecular weight excluding hydrogens is 168 g/mol. The summed E-state index contributed by atoms with van der Waals surface area (Å²) in [6.07, 6.45) is 0.630. The van der Waals surface area contributed by atoms with Gasteiger partial charge in [-0.25, -0.2) is 0 Å². The third-order valence-electron chi connectivity index (χ3n) is 1.74. The van der Waals surface area contributed by atoms with Gasteiger partial charge in [-0.3, -0.25) is 4.79 Å². The number of phenolic OH excluding ortho intramolecular Hbond substituents is 1. The molecule has 0 aliphatic heterocycles. The van der Waals surface area contributed by atoms with E-state index in [4.69, 9.17) is 4.74 Å². The quantitative estimate of drug-likeness (QED) is 0.718. The minimum absolute atomic E-state index is 0.0194. The zero-order valence-electron chi connectivity index (χ0n) is 7.49. The molecule has 0 heterocycles. The van der Waals surface area contributed by atoms with Gasteiger partial charge in [0.25, 0.3) is 0 Å². The predicted octanol–water partition coefficient (Wildman–Crippen LogP) is 1.74. The Morgan fingerprint density at radius 2 is 2.31 bits per heavy atom. The zero-order chi connectivity index (χ0) is 9.68. The monoisotopic (exact) mass is 180 g/mol. The number of ether oxygens (including phenoxy) is 1. The van der Waals surface area contributed by atoms with Crippen molar-refractivity contribution in [3.63, 3.8) is 0 Å². The highest BCUT2D eigenvalue weighted by molar-refractivity contribution is 5.79. The fourth-order valence-electron chi connectivity index (χ4n) is 1.03. The van der Waals surface area contributed by atoms with Gasteiger partial charge in [0.1, 0.15) is 5.75 Å². The molecule has 0 aliphatic carbocycles. The fraction of sp³-hybridized carbons (Fsp3) is 0.300. The first-order valence-electron chi connectivity index (χ1n) is 4.13. The molecule has 0 unspecified atom stereocenters. The lowest BCUT2D eigenvalue weighted by atomic mass is 10.1. The van der Waals surface area contributed by atoms with Crippen molar-refractivity contribution >= 4 is 6.29 Å². The van der Waals surface area contributed by atoms with E-state index in [1.807, 2.05) is 6.92 Å². The number of hydrogen-bond donors (Lipinski definition) is 1. The van der Waals surface area contributed by atoms with Gasteiger partial charge in [0.2, 0.25) is 0 Å². The Morgan fingerprint density at radius 1 is 1.54 bits per heavy atom. The van der Waals surface area contributed by atoms with Crippen molar-refractivity contribution in [2.45, 2.75) is 13.5 Å². The maximum Gasteiger partial charge on any atom is 0.153 e. The standard InChI is InChI=1S/C10H12O3/c1-2-13-7-9-5-3-4-8(6-11)10(9)12/h3-6,12H,2,7H2,1H3. The molecule has 0 aromatic heterocycles. The molecule has 0 aliphatic rings. The predicted molar refractivity (Wildman–Crippen MR) is 48.8 cm³/mol. The van der Waals surface area contributed by atoms with Gasteiger partial charge in [0.15, 0.2) is 6.29 Å². The van der Waals surface area contributed by atoms with Gasteiger partial charge >= 0.3 is 0 Å².